The maximum atomic E-state index is 12.4. The zero-order valence-electron chi connectivity index (χ0n) is 14.2. The molecule has 0 bridgehead atoms. The third-order valence-corrected chi connectivity index (χ3v) is 5.12. The van der Waals surface area contributed by atoms with Crippen molar-refractivity contribution >= 4 is 35.0 Å². The predicted octanol–water partition coefficient (Wildman–Crippen LogP) is 3.36. The van der Waals surface area contributed by atoms with Crippen LogP contribution in [0.2, 0.25) is 0 Å². The van der Waals surface area contributed by atoms with Gasteiger partial charge in [-0.2, -0.15) is 0 Å². The number of hydrogen-bond donors (Lipinski definition) is 1. The number of methoxy groups -OCH3 is 1. The molecule has 2 aromatic rings. The number of rotatable bonds is 5. The van der Waals surface area contributed by atoms with E-state index >= 15 is 0 Å². The zero-order chi connectivity index (χ0) is 17.8. The van der Waals surface area contributed by atoms with E-state index in [0.29, 0.717) is 11.4 Å². The van der Waals surface area contributed by atoms with Gasteiger partial charge in [-0.1, -0.05) is 29.8 Å². The Kier molecular flexibility index (Phi) is 5.40. The number of thioether (sulfide) groups is 1. The summed E-state index contributed by atoms with van der Waals surface area (Å²) in [6.45, 7) is 2.03. The SMILES string of the molecule is COCC(=O)Nc1cccc([C@@H]2SCC(=O)N2c2ccc(C)cc2)c1. The Balaban J connectivity index is 1.85. The minimum atomic E-state index is -0.204. The lowest BCUT2D eigenvalue weighted by Crippen LogP contribution is -2.27. The van der Waals surface area contributed by atoms with Crippen LogP contribution in [0.4, 0.5) is 11.4 Å². The molecule has 2 aromatic carbocycles. The quantitative estimate of drug-likeness (QED) is 0.892. The third-order valence-electron chi connectivity index (χ3n) is 3.91. The molecule has 0 unspecified atom stereocenters. The average Bonchev–Trinajstić information content (AvgIpc) is 2.98. The van der Waals surface area contributed by atoms with Crippen LogP contribution in [0.5, 0.6) is 0 Å². The Bertz CT molecular complexity index is 776. The Hall–Kier alpha value is -2.31. The van der Waals surface area contributed by atoms with E-state index in [-0.39, 0.29) is 23.8 Å². The molecule has 1 aliphatic heterocycles. The topological polar surface area (TPSA) is 58.6 Å². The number of nitrogens with zero attached hydrogens (tertiary/aromatic N) is 1. The van der Waals surface area contributed by atoms with Crippen LogP contribution in [0.1, 0.15) is 16.5 Å². The highest BCUT2D eigenvalue weighted by Gasteiger charge is 2.34. The first kappa shape index (κ1) is 17.5. The van der Waals surface area contributed by atoms with Crippen LogP contribution >= 0.6 is 11.8 Å². The fraction of sp³-hybridized carbons (Fsp3) is 0.263. The summed E-state index contributed by atoms with van der Waals surface area (Å²) in [6.07, 6.45) is 0. The molecule has 1 saturated heterocycles. The number of ether oxygens (including phenoxy) is 1. The molecule has 0 radical (unpaired) electrons. The third kappa shape index (κ3) is 4.03. The Morgan fingerprint density at radius 1 is 1.28 bits per heavy atom. The molecule has 0 aromatic heterocycles. The van der Waals surface area contributed by atoms with Gasteiger partial charge >= 0.3 is 0 Å². The second kappa shape index (κ2) is 7.72. The average molecular weight is 356 g/mol. The van der Waals surface area contributed by atoms with Crippen molar-refractivity contribution in [3.8, 4) is 0 Å². The number of carbonyl (C=O) groups is 2. The van der Waals surface area contributed by atoms with Crippen molar-refractivity contribution in [1.82, 2.24) is 0 Å². The van der Waals surface area contributed by atoms with Gasteiger partial charge in [0, 0.05) is 18.5 Å². The zero-order valence-corrected chi connectivity index (χ0v) is 15.0. The molecule has 1 aliphatic rings. The molecule has 1 atom stereocenters. The standard InChI is InChI=1S/C19H20N2O3S/c1-13-6-8-16(9-7-13)21-18(23)12-25-19(21)14-4-3-5-15(10-14)20-17(22)11-24-2/h3-10,19H,11-12H2,1-2H3,(H,20,22)/t19-/m0/s1. The van der Waals surface area contributed by atoms with Crippen LogP contribution < -0.4 is 10.2 Å². The van der Waals surface area contributed by atoms with E-state index in [4.69, 9.17) is 4.74 Å². The number of aryl methyl sites for hydroxylation is 1. The Labute approximate surface area is 151 Å². The number of carbonyl (C=O) groups excluding carboxylic acids is 2. The van der Waals surface area contributed by atoms with Crippen molar-refractivity contribution < 1.29 is 14.3 Å². The highest BCUT2D eigenvalue weighted by atomic mass is 32.2. The fourth-order valence-electron chi connectivity index (χ4n) is 2.75. The molecule has 0 aliphatic carbocycles. The highest BCUT2D eigenvalue weighted by Crippen LogP contribution is 2.42. The molecule has 130 valence electrons. The molecular weight excluding hydrogens is 336 g/mol. The van der Waals surface area contributed by atoms with E-state index < -0.39 is 0 Å². The summed E-state index contributed by atoms with van der Waals surface area (Å²) in [5.74, 6) is 0.330. The summed E-state index contributed by atoms with van der Waals surface area (Å²) >= 11 is 1.59. The van der Waals surface area contributed by atoms with Crippen LogP contribution in [0.25, 0.3) is 0 Å². The lowest BCUT2D eigenvalue weighted by molar-refractivity contribution is -0.119. The maximum Gasteiger partial charge on any atom is 0.250 e. The number of nitrogens with one attached hydrogen (secondary N) is 1. The van der Waals surface area contributed by atoms with Gasteiger partial charge in [0.25, 0.3) is 0 Å². The maximum absolute atomic E-state index is 12.4. The van der Waals surface area contributed by atoms with Crippen molar-refractivity contribution in [2.24, 2.45) is 0 Å². The van der Waals surface area contributed by atoms with E-state index in [1.54, 1.807) is 11.8 Å². The summed E-state index contributed by atoms with van der Waals surface area (Å²) in [6, 6.07) is 15.5. The second-order valence-electron chi connectivity index (χ2n) is 5.87. The molecule has 25 heavy (non-hydrogen) atoms. The Morgan fingerprint density at radius 3 is 2.76 bits per heavy atom. The van der Waals surface area contributed by atoms with Gasteiger partial charge in [-0.3, -0.25) is 14.5 Å². The van der Waals surface area contributed by atoms with Crippen LogP contribution in [0.3, 0.4) is 0 Å². The smallest absolute Gasteiger partial charge is 0.250 e. The first-order chi connectivity index (χ1) is 12.1. The summed E-state index contributed by atoms with van der Waals surface area (Å²) in [5.41, 5.74) is 3.72. The second-order valence-corrected chi connectivity index (χ2v) is 6.94. The summed E-state index contributed by atoms with van der Waals surface area (Å²) in [7, 11) is 1.48. The normalized spacial score (nSPS) is 17.0. The van der Waals surface area contributed by atoms with Gasteiger partial charge in [-0.15, -0.1) is 11.8 Å². The van der Waals surface area contributed by atoms with Crippen molar-refractivity contribution in [2.45, 2.75) is 12.3 Å². The van der Waals surface area contributed by atoms with Gasteiger partial charge in [-0.25, -0.2) is 0 Å². The predicted molar refractivity (Wildman–Crippen MR) is 101 cm³/mol. The van der Waals surface area contributed by atoms with Crippen molar-refractivity contribution in [3.05, 3.63) is 59.7 Å². The fourth-order valence-corrected chi connectivity index (χ4v) is 3.92. The van der Waals surface area contributed by atoms with Gasteiger partial charge < -0.3 is 10.1 Å². The van der Waals surface area contributed by atoms with Crippen LogP contribution in [-0.4, -0.2) is 31.3 Å². The van der Waals surface area contributed by atoms with Crippen LogP contribution in [0, 0.1) is 6.92 Å². The summed E-state index contributed by atoms with van der Waals surface area (Å²) < 4.78 is 4.84. The lowest BCUT2D eigenvalue weighted by atomic mass is 10.1. The summed E-state index contributed by atoms with van der Waals surface area (Å²) in [4.78, 5) is 25.9. The molecule has 1 N–H and O–H groups in total. The molecule has 3 rings (SSSR count). The molecule has 6 heteroatoms. The summed E-state index contributed by atoms with van der Waals surface area (Å²) in [5, 5.41) is 2.70. The van der Waals surface area contributed by atoms with Crippen LogP contribution in [0.15, 0.2) is 48.5 Å². The largest absolute Gasteiger partial charge is 0.375 e. The van der Waals surface area contributed by atoms with E-state index in [9.17, 15) is 9.59 Å². The van der Waals surface area contributed by atoms with Crippen molar-refractivity contribution in [1.29, 1.82) is 0 Å². The first-order valence-corrected chi connectivity index (χ1v) is 9.02. The van der Waals surface area contributed by atoms with Gasteiger partial charge in [0.15, 0.2) is 0 Å². The molecular formula is C19H20N2O3S. The lowest BCUT2D eigenvalue weighted by Gasteiger charge is -2.25. The number of amides is 2. The van der Waals surface area contributed by atoms with Gasteiger partial charge in [0.1, 0.15) is 12.0 Å². The van der Waals surface area contributed by atoms with Gasteiger partial charge in [0.2, 0.25) is 11.8 Å². The van der Waals surface area contributed by atoms with Crippen molar-refractivity contribution in [2.75, 3.05) is 29.7 Å². The monoisotopic (exact) mass is 356 g/mol. The molecule has 1 heterocycles. The first-order valence-electron chi connectivity index (χ1n) is 7.97. The molecule has 1 fully saturated rings. The van der Waals surface area contributed by atoms with Gasteiger partial charge in [-0.05, 0) is 36.8 Å². The molecule has 0 saturated carbocycles. The van der Waals surface area contributed by atoms with Crippen LogP contribution in [-0.2, 0) is 14.3 Å². The van der Waals surface area contributed by atoms with E-state index in [2.05, 4.69) is 5.32 Å². The van der Waals surface area contributed by atoms with E-state index in [1.165, 1.54) is 7.11 Å². The Morgan fingerprint density at radius 2 is 2.04 bits per heavy atom. The molecule has 5 nitrogen and oxygen atoms in total. The minimum absolute atomic E-state index is 0.0103. The van der Waals surface area contributed by atoms with E-state index in [0.717, 1.165) is 16.8 Å². The van der Waals surface area contributed by atoms with E-state index in [1.807, 2.05) is 60.4 Å². The number of anilines is 2. The molecule has 0 spiro atoms. The minimum Gasteiger partial charge on any atom is -0.375 e. The highest BCUT2D eigenvalue weighted by molar-refractivity contribution is 8.00. The number of hydrogen-bond acceptors (Lipinski definition) is 4. The van der Waals surface area contributed by atoms with Crippen molar-refractivity contribution in [3.63, 3.8) is 0 Å². The van der Waals surface area contributed by atoms with Gasteiger partial charge in [0.05, 0.1) is 5.75 Å². The number of benzene rings is 2. The molecule has 2 amide bonds.